The van der Waals surface area contributed by atoms with Crippen LogP contribution in [0.1, 0.15) is 13.8 Å². The molecular weight excluding hydrogens is 280 g/mol. The number of esters is 1. The van der Waals surface area contributed by atoms with Crippen LogP contribution in [0.4, 0.5) is 11.4 Å². The van der Waals surface area contributed by atoms with Gasteiger partial charge in [0.25, 0.3) is 0 Å². The predicted octanol–water partition coefficient (Wildman–Crippen LogP) is 1.28. The summed E-state index contributed by atoms with van der Waals surface area (Å²) in [6.07, 6.45) is 1.09. The molecule has 0 saturated carbocycles. The predicted molar refractivity (Wildman–Crippen MR) is 78.2 cm³/mol. The number of nitrogens with two attached hydrogens (primary N) is 1. The second kappa shape index (κ2) is 6.13. The second-order valence-electron chi connectivity index (χ2n) is 4.88. The zero-order valence-corrected chi connectivity index (χ0v) is 12.8. The summed E-state index contributed by atoms with van der Waals surface area (Å²) in [6, 6.07) is 4.03. The molecule has 112 valence electrons. The number of hydrogen-bond acceptors (Lipinski definition) is 6. The lowest BCUT2D eigenvalue weighted by atomic mass is 10.0. The Kier molecular flexibility index (Phi) is 4.99. The molecule has 0 fully saturated rings. The minimum absolute atomic E-state index is 0.0369. The van der Waals surface area contributed by atoms with Gasteiger partial charge in [-0.15, -0.1) is 0 Å². The number of sulfone groups is 1. The Morgan fingerprint density at radius 3 is 2.40 bits per heavy atom. The van der Waals surface area contributed by atoms with Gasteiger partial charge in [-0.2, -0.15) is 0 Å². The van der Waals surface area contributed by atoms with Gasteiger partial charge in [0.05, 0.1) is 23.4 Å². The molecule has 1 unspecified atom stereocenters. The van der Waals surface area contributed by atoms with Gasteiger partial charge in [-0.25, -0.2) is 13.2 Å². The van der Waals surface area contributed by atoms with Crippen molar-refractivity contribution in [1.29, 1.82) is 0 Å². The van der Waals surface area contributed by atoms with Gasteiger partial charge in [-0.05, 0) is 18.1 Å². The largest absolute Gasteiger partial charge is 0.467 e. The summed E-state index contributed by atoms with van der Waals surface area (Å²) in [4.78, 5) is 11.7. The number of para-hydroxylation sites is 1. The second-order valence-corrected chi connectivity index (χ2v) is 6.86. The van der Waals surface area contributed by atoms with Crippen molar-refractivity contribution in [1.82, 2.24) is 0 Å². The highest BCUT2D eigenvalue weighted by molar-refractivity contribution is 7.90. The monoisotopic (exact) mass is 300 g/mol. The number of hydrogen-bond donors (Lipinski definition) is 2. The normalized spacial score (nSPS) is 13.1. The molecule has 0 aliphatic rings. The number of ether oxygens (including phenoxy) is 1. The van der Waals surface area contributed by atoms with E-state index in [4.69, 9.17) is 10.5 Å². The Bertz CT molecular complexity index is 596. The summed E-state index contributed by atoms with van der Waals surface area (Å²) in [5, 5.41) is 2.95. The van der Waals surface area contributed by atoms with Gasteiger partial charge in [0.15, 0.2) is 9.84 Å². The van der Waals surface area contributed by atoms with E-state index >= 15 is 0 Å². The fraction of sp³-hybridized carbons (Fsp3) is 0.462. The van der Waals surface area contributed by atoms with Crippen LogP contribution in [0.5, 0.6) is 0 Å². The molecular formula is C13H20N2O4S. The maximum Gasteiger partial charge on any atom is 0.328 e. The highest BCUT2D eigenvalue weighted by atomic mass is 32.2. The fourth-order valence-electron chi connectivity index (χ4n) is 1.79. The molecule has 1 rings (SSSR count). The van der Waals surface area contributed by atoms with Gasteiger partial charge in [-0.3, -0.25) is 0 Å². The van der Waals surface area contributed by atoms with E-state index in [1.807, 2.05) is 13.8 Å². The quantitative estimate of drug-likeness (QED) is 0.628. The highest BCUT2D eigenvalue weighted by Gasteiger charge is 2.24. The number of benzene rings is 1. The average molecular weight is 300 g/mol. The van der Waals surface area contributed by atoms with Crippen molar-refractivity contribution < 1.29 is 17.9 Å². The van der Waals surface area contributed by atoms with E-state index in [-0.39, 0.29) is 16.5 Å². The van der Waals surface area contributed by atoms with E-state index in [0.717, 1.165) is 6.26 Å². The molecule has 0 aromatic heterocycles. The molecule has 0 saturated heterocycles. The van der Waals surface area contributed by atoms with Crippen LogP contribution in [0.2, 0.25) is 0 Å². The van der Waals surface area contributed by atoms with Crippen LogP contribution < -0.4 is 11.1 Å². The Labute approximate surface area is 119 Å². The van der Waals surface area contributed by atoms with Crippen molar-refractivity contribution in [2.24, 2.45) is 5.92 Å². The maximum atomic E-state index is 11.7. The van der Waals surface area contributed by atoms with Crippen molar-refractivity contribution in [2.45, 2.75) is 24.8 Å². The van der Waals surface area contributed by atoms with Crippen molar-refractivity contribution >= 4 is 27.2 Å². The molecule has 0 radical (unpaired) electrons. The highest BCUT2D eigenvalue weighted by Crippen LogP contribution is 2.28. The summed E-state index contributed by atoms with van der Waals surface area (Å²) in [5.41, 5.74) is 6.37. The van der Waals surface area contributed by atoms with E-state index in [1.54, 1.807) is 12.1 Å². The summed E-state index contributed by atoms with van der Waals surface area (Å²) >= 11 is 0. The van der Waals surface area contributed by atoms with Crippen molar-refractivity contribution in [2.75, 3.05) is 24.4 Å². The molecule has 6 nitrogen and oxygen atoms in total. The van der Waals surface area contributed by atoms with Crippen LogP contribution in [0.3, 0.4) is 0 Å². The van der Waals surface area contributed by atoms with Crippen LogP contribution in [-0.2, 0) is 19.4 Å². The number of nitrogen functional groups attached to an aromatic ring is 1. The van der Waals surface area contributed by atoms with E-state index in [0.29, 0.717) is 5.69 Å². The summed E-state index contributed by atoms with van der Waals surface area (Å²) in [5.74, 6) is -0.465. The molecule has 1 atom stereocenters. The lowest BCUT2D eigenvalue weighted by Gasteiger charge is -2.22. The zero-order chi connectivity index (χ0) is 15.5. The SMILES string of the molecule is COC(=O)C(Nc1cccc(S(C)(=O)=O)c1N)C(C)C. The Hall–Kier alpha value is -1.76. The minimum atomic E-state index is -3.42. The molecule has 0 aliphatic heterocycles. The molecule has 1 aromatic rings. The first-order valence-electron chi connectivity index (χ1n) is 6.11. The first-order chi connectivity index (χ1) is 9.18. The van der Waals surface area contributed by atoms with Gasteiger partial charge in [0, 0.05) is 6.26 Å². The first kappa shape index (κ1) is 16.3. The third-order valence-corrected chi connectivity index (χ3v) is 4.05. The van der Waals surface area contributed by atoms with Crippen LogP contribution in [0.15, 0.2) is 23.1 Å². The van der Waals surface area contributed by atoms with E-state index in [2.05, 4.69) is 5.32 Å². The fourth-order valence-corrected chi connectivity index (χ4v) is 2.62. The summed E-state index contributed by atoms with van der Waals surface area (Å²) in [6.45, 7) is 3.70. The smallest absolute Gasteiger partial charge is 0.328 e. The van der Waals surface area contributed by atoms with Gasteiger partial charge >= 0.3 is 5.97 Å². The number of nitrogens with one attached hydrogen (secondary N) is 1. The topological polar surface area (TPSA) is 98.5 Å². The molecule has 1 aromatic carbocycles. The van der Waals surface area contributed by atoms with E-state index in [1.165, 1.54) is 13.2 Å². The van der Waals surface area contributed by atoms with Crippen LogP contribution in [0.25, 0.3) is 0 Å². The van der Waals surface area contributed by atoms with E-state index < -0.39 is 21.8 Å². The van der Waals surface area contributed by atoms with Gasteiger partial charge in [0.1, 0.15) is 6.04 Å². The molecule has 7 heteroatoms. The van der Waals surface area contributed by atoms with Crippen LogP contribution in [-0.4, -0.2) is 33.8 Å². The molecule has 0 spiro atoms. The lowest BCUT2D eigenvalue weighted by molar-refractivity contribution is -0.142. The standard InChI is InChI=1S/C13H20N2O4S/c1-8(2)12(13(16)19-3)15-9-6-5-7-10(11(9)14)20(4,17)18/h5-8,12,15H,14H2,1-4H3. The molecule has 0 heterocycles. The number of carbonyl (C=O) groups is 1. The lowest BCUT2D eigenvalue weighted by Crippen LogP contribution is -2.35. The number of rotatable bonds is 5. The Morgan fingerprint density at radius 2 is 1.95 bits per heavy atom. The summed E-state index contributed by atoms with van der Waals surface area (Å²) in [7, 11) is -2.12. The van der Waals surface area contributed by atoms with Gasteiger partial charge in [0.2, 0.25) is 0 Å². The number of methoxy groups -OCH3 is 1. The molecule has 3 N–H and O–H groups in total. The summed E-state index contributed by atoms with van der Waals surface area (Å²) < 4.78 is 28.0. The Balaban J connectivity index is 3.18. The van der Waals surface area contributed by atoms with E-state index in [9.17, 15) is 13.2 Å². The molecule has 0 bridgehead atoms. The third-order valence-electron chi connectivity index (χ3n) is 2.90. The van der Waals surface area contributed by atoms with Gasteiger partial charge < -0.3 is 15.8 Å². The van der Waals surface area contributed by atoms with Crippen LogP contribution >= 0.6 is 0 Å². The maximum absolute atomic E-state index is 11.7. The molecule has 0 amide bonds. The van der Waals surface area contributed by atoms with Crippen molar-refractivity contribution in [3.63, 3.8) is 0 Å². The van der Waals surface area contributed by atoms with Crippen LogP contribution in [0, 0.1) is 5.92 Å². The average Bonchev–Trinajstić information content (AvgIpc) is 2.34. The van der Waals surface area contributed by atoms with Crippen molar-refractivity contribution in [3.05, 3.63) is 18.2 Å². The Morgan fingerprint density at radius 1 is 1.35 bits per heavy atom. The number of anilines is 2. The molecule has 0 aliphatic carbocycles. The van der Waals surface area contributed by atoms with Gasteiger partial charge in [-0.1, -0.05) is 19.9 Å². The zero-order valence-electron chi connectivity index (χ0n) is 12.0. The number of carbonyl (C=O) groups excluding carboxylic acids is 1. The van der Waals surface area contributed by atoms with Crippen molar-refractivity contribution in [3.8, 4) is 0 Å². The minimum Gasteiger partial charge on any atom is -0.467 e. The first-order valence-corrected chi connectivity index (χ1v) is 8.00. The third kappa shape index (κ3) is 3.63. The molecule has 20 heavy (non-hydrogen) atoms.